The number of hydrogen-bond acceptors (Lipinski definition) is 3. The van der Waals surface area contributed by atoms with Crippen molar-refractivity contribution in [2.75, 3.05) is 7.05 Å². The molecule has 0 spiro atoms. The van der Waals surface area contributed by atoms with Crippen molar-refractivity contribution in [2.45, 2.75) is 90.6 Å². The lowest BCUT2D eigenvalue weighted by Crippen LogP contribution is -2.19. The molecular formula is C17H33NO2S. The summed E-state index contributed by atoms with van der Waals surface area (Å²) in [5.74, 6) is -0.167. The maximum absolute atomic E-state index is 11.2. The first-order valence-electron chi connectivity index (χ1n) is 8.48. The Morgan fingerprint density at radius 2 is 1.62 bits per heavy atom. The summed E-state index contributed by atoms with van der Waals surface area (Å²) in [6, 6.07) is 0. The van der Waals surface area contributed by atoms with Crippen molar-refractivity contribution in [1.29, 1.82) is 0 Å². The molecule has 0 bridgehead atoms. The summed E-state index contributed by atoms with van der Waals surface area (Å²) in [7, 11) is 1.85. The quantitative estimate of drug-likeness (QED) is 0.302. The molecule has 4 heteroatoms. The maximum Gasteiger partial charge on any atom is 0.302 e. The molecule has 0 aromatic rings. The molecule has 0 aliphatic carbocycles. The maximum atomic E-state index is 11.2. The molecule has 0 heterocycles. The summed E-state index contributed by atoms with van der Waals surface area (Å²) in [4.78, 5) is 12.0. The Morgan fingerprint density at radius 1 is 1.05 bits per heavy atom. The molecule has 1 N–H and O–H groups in total. The Labute approximate surface area is 136 Å². The molecular weight excluding hydrogens is 282 g/mol. The predicted molar refractivity (Wildman–Crippen MR) is 93.7 cm³/mol. The summed E-state index contributed by atoms with van der Waals surface area (Å²) in [5.41, 5.74) is 0. The Hall–Kier alpha value is -0.640. The van der Waals surface area contributed by atoms with Gasteiger partial charge in [-0.3, -0.25) is 4.79 Å². The predicted octanol–water partition coefficient (Wildman–Crippen LogP) is 4.78. The second-order valence-electron chi connectivity index (χ2n) is 5.71. The van der Waals surface area contributed by atoms with Gasteiger partial charge < -0.3 is 10.1 Å². The fraction of sp³-hybridized carbons (Fsp3) is 0.882. The topological polar surface area (TPSA) is 38.3 Å². The van der Waals surface area contributed by atoms with E-state index in [2.05, 4.69) is 12.2 Å². The van der Waals surface area contributed by atoms with Crippen LogP contribution in [0.2, 0.25) is 0 Å². The van der Waals surface area contributed by atoms with Crippen molar-refractivity contribution in [3.8, 4) is 0 Å². The van der Waals surface area contributed by atoms with Gasteiger partial charge in [-0.05, 0) is 32.1 Å². The molecule has 0 saturated heterocycles. The highest BCUT2D eigenvalue weighted by atomic mass is 32.1. The SMILES string of the molecule is CCCCCCCCC[C@@H](CCCC(=S)NC)OC(C)=O. The van der Waals surface area contributed by atoms with Gasteiger partial charge in [0.15, 0.2) is 0 Å². The van der Waals surface area contributed by atoms with Crippen molar-refractivity contribution in [3.63, 3.8) is 0 Å². The Morgan fingerprint density at radius 3 is 2.19 bits per heavy atom. The number of hydrogen-bond donors (Lipinski definition) is 1. The lowest BCUT2D eigenvalue weighted by molar-refractivity contribution is -0.147. The van der Waals surface area contributed by atoms with Gasteiger partial charge in [0.1, 0.15) is 6.10 Å². The van der Waals surface area contributed by atoms with Crippen molar-refractivity contribution >= 4 is 23.2 Å². The molecule has 0 amide bonds. The van der Waals surface area contributed by atoms with E-state index in [1.165, 1.54) is 45.4 Å². The zero-order chi connectivity index (χ0) is 15.9. The number of thiocarbonyl (C=S) groups is 1. The number of carbonyl (C=O) groups excluding carboxylic acids is 1. The molecule has 0 aromatic carbocycles. The number of carbonyl (C=O) groups is 1. The largest absolute Gasteiger partial charge is 0.463 e. The van der Waals surface area contributed by atoms with Crippen molar-refractivity contribution in [3.05, 3.63) is 0 Å². The van der Waals surface area contributed by atoms with E-state index in [1.54, 1.807) is 0 Å². The van der Waals surface area contributed by atoms with E-state index in [0.29, 0.717) is 0 Å². The van der Waals surface area contributed by atoms with Gasteiger partial charge in [0.25, 0.3) is 0 Å². The Kier molecular flexibility index (Phi) is 13.9. The smallest absolute Gasteiger partial charge is 0.302 e. The van der Waals surface area contributed by atoms with E-state index >= 15 is 0 Å². The first-order valence-corrected chi connectivity index (χ1v) is 8.88. The van der Waals surface area contributed by atoms with Crippen molar-refractivity contribution in [1.82, 2.24) is 5.32 Å². The van der Waals surface area contributed by atoms with Crippen molar-refractivity contribution < 1.29 is 9.53 Å². The number of esters is 1. The zero-order valence-corrected chi connectivity index (χ0v) is 14.9. The second-order valence-corrected chi connectivity index (χ2v) is 6.20. The normalized spacial score (nSPS) is 12.0. The Balaban J connectivity index is 3.75. The fourth-order valence-electron chi connectivity index (χ4n) is 2.44. The van der Waals surface area contributed by atoms with Crippen molar-refractivity contribution in [2.24, 2.45) is 0 Å². The van der Waals surface area contributed by atoms with Gasteiger partial charge in [0.05, 0.1) is 4.99 Å². The number of rotatable bonds is 13. The molecule has 0 aliphatic rings. The van der Waals surface area contributed by atoms with Gasteiger partial charge in [-0.2, -0.15) is 0 Å². The molecule has 21 heavy (non-hydrogen) atoms. The van der Waals surface area contributed by atoms with Gasteiger partial charge in [0, 0.05) is 14.0 Å². The molecule has 0 aromatic heterocycles. The Bertz CT molecular complexity index is 282. The van der Waals surface area contributed by atoms with Crippen LogP contribution in [0.5, 0.6) is 0 Å². The van der Waals surface area contributed by atoms with Crippen LogP contribution in [0.25, 0.3) is 0 Å². The minimum Gasteiger partial charge on any atom is -0.463 e. The summed E-state index contributed by atoms with van der Waals surface area (Å²) in [5, 5.41) is 2.98. The third-order valence-corrected chi connectivity index (χ3v) is 4.08. The summed E-state index contributed by atoms with van der Waals surface area (Å²) >= 11 is 5.13. The van der Waals surface area contributed by atoms with Crippen LogP contribution in [0.15, 0.2) is 0 Å². The highest BCUT2D eigenvalue weighted by Gasteiger charge is 2.11. The molecule has 0 rings (SSSR count). The fourth-order valence-corrected chi connectivity index (χ4v) is 2.59. The molecule has 0 aliphatic heterocycles. The molecule has 0 unspecified atom stereocenters. The van der Waals surface area contributed by atoms with E-state index < -0.39 is 0 Å². The van der Waals surface area contributed by atoms with E-state index in [9.17, 15) is 4.79 Å². The third-order valence-electron chi connectivity index (χ3n) is 3.67. The third kappa shape index (κ3) is 14.1. The highest BCUT2D eigenvalue weighted by molar-refractivity contribution is 7.80. The first-order chi connectivity index (χ1) is 10.1. The average molecular weight is 316 g/mol. The average Bonchev–Trinajstić information content (AvgIpc) is 2.45. The van der Waals surface area contributed by atoms with Gasteiger partial charge in [-0.1, -0.05) is 57.7 Å². The van der Waals surface area contributed by atoms with Crippen LogP contribution in [0, 0.1) is 0 Å². The molecule has 0 radical (unpaired) electrons. The van der Waals surface area contributed by atoms with Gasteiger partial charge in [-0.15, -0.1) is 0 Å². The van der Waals surface area contributed by atoms with Gasteiger partial charge in [-0.25, -0.2) is 0 Å². The lowest BCUT2D eigenvalue weighted by Gasteiger charge is -2.17. The van der Waals surface area contributed by atoms with Crippen LogP contribution in [0.4, 0.5) is 0 Å². The van der Waals surface area contributed by atoms with Crippen LogP contribution >= 0.6 is 12.2 Å². The lowest BCUT2D eigenvalue weighted by atomic mass is 10.0. The highest BCUT2D eigenvalue weighted by Crippen LogP contribution is 2.15. The second kappa shape index (κ2) is 14.3. The molecule has 1 atom stereocenters. The minimum absolute atomic E-state index is 0.0674. The molecule has 3 nitrogen and oxygen atoms in total. The van der Waals surface area contributed by atoms with Crippen LogP contribution in [-0.2, 0) is 9.53 Å². The van der Waals surface area contributed by atoms with Crippen LogP contribution in [0.3, 0.4) is 0 Å². The minimum atomic E-state index is -0.167. The van der Waals surface area contributed by atoms with E-state index in [-0.39, 0.29) is 12.1 Å². The van der Waals surface area contributed by atoms with E-state index in [0.717, 1.165) is 37.1 Å². The number of unbranched alkanes of at least 4 members (excludes halogenated alkanes) is 6. The summed E-state index contributed by atoms with van der Waals surface area (Å²) in [6.07, 6.45) is 12.9. The zero-order valence-electron chi connectivity index (χ0n) is 14.1. The van der Waals surface area contributed by atoms with E-state index in [4.69, 9.17) is 17.0 Å². The van der Waals surface area contributed by atoms with Gasteiger partial charge >= 0.3 is 5.97 Å². The van der Waals surface area contributed by atoms with Crippen LogP contribution < -0.4 is 5.32 Å². The number of nitrogens with one attached hydrogen (secondary N) is 1. The monoisotopic (exact) mass is 315 g/mol. The van der Waals surface area contributed by atoms with E-state index in [1.807, 2.05) is 7.05 Å². The number of ether oxygens (including phenoxy) is 1. The molecule has 0 saturated carbocycles. The first kappa shape index (κ1) is 20.4. The van der Waals surface area contributed by atoms with Gasteiger partial charge in [0.2, 0.25) is 0 Å². The summed E-state index contributed by atoms with van der Waals surface area (Å²) < 4.78 is 5.41. The summed E-state index contributed by atoms with van der Waals surface area (Å²) in [6.45, 7) is 3.74. The molecule has 124 valence electrons. The van der Waals surface area contributed by atoms with Crippen LogP contribution in [0.1, 0.15) is 84.5 Å². The standard InChI is InChI=1S/C17H33NO2S/c1-4-5-6-7-8-9-10-12-16(20-15(2)19)13-11-14-17(21)18-3/h16H,4-14H2,1-3H3,(H,18,21)/t16-/m0/s1. The van der Waals surface area contributed by atoms with Crippen LogP contribution in [-0.4, -0.2) is 24.1 Å². The molecule has 0 fully saturated rings.